The quantitative estimate of drug-likeness (QED) is 0.927. The smallest absolute Gasteiger partial charge is 0.225 e. The van der Waals surface area contributed by atoms with Gasteiger partial charge in [0.05, 0.1) is 12.8 Å². The van der Waals surface area contributed by atoms with Gasteiger partial charge in [-0.15, -0.1) is 0 Å². The maximum Gasteiger partial charge on any atom is 0.225 e. The average molecular weight is 272 g/mol. The van der Waals surface area contributed by atoms with E-state index >= 15 is 0 Å². The highest BCUT2D eigenvalue weighted by Gasteiger charge is 2.13. The summed E-state index contributed by atoms with van der Waals surface area (Å²) in [5.41, 5.74) is 0.988. The highest BCUT2D eigenvalue weighted by molar-refractivity contribution is 5.45. The molecule has 1 aliphatic rings. The van der Waals surface area contributed by atoms with Gasteiger partial charge in [0.25, 0.3) is 0 Å². The van der Waals surface area contributed by atoms with Gasteiger partial charge in [0.15, 0.2) is 0 Å². The van der Waals surface area contributed by atoms with Crippen molar-refractivity contribution in [3.8, 4) is 0 Å². The van der Waals surface area contributed by atoms with Gasteiger partial charge in [-0.25, -0.2) is 4.98 Å². The first-order valence-electron chi connectivity index (χ1n) is 7.18. The van der Waals surface area contributed by atoms with E-state index in [0.717, 1.165) is 30.4 Å². The molecule has 1 N–H and O–H groups in total. The number of nitrogens with one attached hydrogen (secondary N) is 1. The molecule has 1 saturated heterocycles. The SMILES string of the molecule is Cc1cc(N2CCCCC2)nc(NCc2ccco2)n1. The van der Waals surface area contributed by atoms with Crippen molar-refractivity contribution in [1.29, 1.82) is 0 Å². The summed E-state index contributed by atoms with van der Waals surface area (Å²) < 4.78 is 5.30. The second-order valence-corrected chi connectivity index (χ2v) is 5.17. The van der Waals surface area contributed by atoms with Crippen molar-refractivity contribution in [1.82, 2.24) is 9.97 Å². The van der Waals surface area contributed by atoms with Crippen molar-refractivity contribution >= 4 is 11.8 Å². The maximum atomic E-state index is 5.30. The van der Waals surface area contributed by atoms with Gasteiger partial charge in [0, 0.05) is 24.8 Å². The summed E-state index contributed by atoms with van der Waals surface area (Å²) >= 11 is 0. The summed E-state index contributed by atoms with van der Waals surface area (Å²) in [6.45, 7) is 4.80. The van der Waals surface area contributed by atoms with Crippen LogP contribution in [0.4, 0.5) is 11.8 Å². The van der Waals surface area contributed by atoms with E-state index in [1.807, 2.05) is 19.1 Å². The van der Waals surface area contributed by atoms with Crippen LogP contribution in [0.3, 0.4) is 0 Å². The molecule has 3 rings (SSSR count). The molecule has 5 nitrogen and oxygen atoms in total. The standard InChI is InChI=1S/C15H20N4O/c1-12-10-14(19-7-3-2-4-8-19)18-15(17-12)16-11-13-6-5-9-20-13/h5-6,9-10H,2-4,7-8,11H2,1H3,(H,16,17,18). The van der Waals surface area contributed by atoms with Crippen molar-refractivity contribution in [2.45, 2.75) is 32.7 Å². The van der Waals surface area contributed by atoms with Crippen molar-refractivity contribution in [3.63, 3.8) is 0 Å². The second kappa shape index (κ2) is 5.94. The lowest BCUT2D eigenvalue weighted by atomic mass is 10.1. The Balaban J connectivity index is 1.72. The van der Waals surface area contributed by atoms with Gasteiger partial charge < -0.3 is 14.6 Å². The number of hydrogen-bond acceptors (Lipinski definition) is 5. The number of nitrogens with zero attached hydrogens (tertiary/aromatic N) is 3. The molecule has 0 amide bonds. The predicted octanol–water partition coefficient (Wildman–Crippen LogP) is 2.98. The topological polar surface area (TPSA) is 54.2 Å². The van der Waals surface area contributed by atoms with E-state index in [-0.39, 0.29) is 0 Å². The van der Waals surface area contributed by atoms with Crippen LogP contribution in [0.2, 0.25) is 0 Å². The molecule has 5 heteroatoms. The number of aromatic nitrogens is 2. The predicted molar refractivity (Wildman–Crippen MR) is 78.9 cm³/mol. The molecule has 20 heavy (non-hydrogen) atoms. The fourth-order valence-corrected chi connectivity index (χ4v) is 2.50. The highest BCUT2D eigenvalue weighted by Crippen LogP contribution is 2.19. The Morgan fingerprint density at radius 2 is 2.10 bits per heavy atom. The molecule has 0 spiro atoms. The Kier molecular flexibility index (Phi) is 3.85. The van der Waals surface area contributed by atoms with Crippen LogP contribution in [0.25, 0.3) is 0 Å². The zero-order valence-electron chi connectivity index (χ0n) is 11.8. The lowest BCUT2D eigenvalue weighted by molar-refractivity contribution is 0.517. The number of piperidine rings is 1. The van der Waals surface area contributed by atoms with Crippen LogP contribution in [-0.4, -0.2) is 23.1 Å². The summed E-state index contributed by atoms with van der Waals surface area (Å²) in [7, 11) is 0. The van der Waals surface area contributed by atoms with Crippen LogP contribution in [-0.2, 0) is 6.54 Å². The number of anilines is 2. The van der Waals surface area contributed by atoms with Crippen LogP contribution in [0.1, 0.15) is 30.7 Å². The lowest BCUT2D eigenvalue weighted by Gasteiger charge is -2.28. The van der Waals surface area contributed by atoms with Gasteiger partial charge in [-0.1, -0.05) is 0 Å². The van der Waals surface area contributed by atoms with Gasteiger partial charge in [-0.05, 0) is 38.3 Å². The summed E-state index contributed by atoms with van der Waals surface area (Å²) in [5, 5.41) is 3.22. The summed E-state index contributed by atoms with van der Waals surface area (Å²) in [5.74, 6) is 2.58. The molecule has 0 aromatic carbocycles. The van der Waals surface area contributed by atoms with E-state index in [0.29, 0.717) is 12.5 Å². The minimum Gasteiger partial charge on any atom is -0.467 e. The first-order chi connectivity index (χ1) is 9.81. The number of rotatable bonds is 4. The van der Waals surface area contributed by atoms with E-state index in [2.05, 4.69) is 26.3 Å². The van der Waals surface area contributed by atoms with Crippen LogP contribution in [0, 0.1) is 6.92 Å². The van der Waals surface area contributed by atoms with Gasteiger partial charge in [-0.2, -0.15) is 4.98 Å². The molecule has 3 heterocycles. The zero-order chi connectivity index (χ0) is 13.8. The third-order valence-corrected chi connectivity index (χ3v) is 3.52. The molecule has 0 radical (unpaired) electrons. The molecule has 1 fully saturated rings. The minimum absolute atomic E-state index is 0.607. The number of aryl methyl sites for hydroxylation is 1. The van der Waals surface area contributed by atoms with Crippen molar-refractivity contribution < 1.29 is 4.42 Å². The van der Waals surface area contributed by atoms with Crippen molar-refractivity contribution in [2.75, 3.05) is 23.3 Å². The molecule has 0 saturated carbocycles. The Labute approximate surface area is 119 Å². The summed E-state index contributed by atoms with van der Waals surface area (Å²) in [6, 6.07) is 5.88. The number of furan rings is 1. The zero-order valence-corrected chi connectivity index (χ0v) is 11.8. The third-order valence-electron chi connectivity index (χ3n) is 3.52. The molecule has 2 aromatic heterocycles. The molecule has 1 aliphatic heterocycles. The van der Waals surface area contributed by atoms with Crippen LogP contribution >= 0.6 is 0 Å². The molecule has 0 aliphatic carbocycles. The van der Waals surface area contributed by atoms with E-state index in [9.17, 15) is 0 Å². The normalized spacial score (nSPS) is 15.3. The van der Waals surface area contributed by atoms with Crippen molar-refractivity contribution in [2.24, 2.45) is 0 Å². The maximum absolute atomic E-state index is 5.30. The van der Waals surface area contributed by atoms with E-state index in [4.69, 9.17) is 4.42 Å². The second-order valence-electron chi connectivity index (χ2n) is 5.17. The highest BCUT2D eigenvalue weighted by atomic mass is 16.3. The molecule has 2 aromatic rings. The Morgan fingerprint density at radius 3 is 2.85 bits per heavy atom. The van der Waals surface area contributed by atoms with E-state index in [1.54, 1.807) is 6.26 Å². The Hall–Kier alpha value is -2.04. The van der Waals surface area contributed by atoms with Crippen LogP contribution < -0.4 is 10.2 Å². The molecule has 0 atom stereocenters. The number of hydrogen-bond donors (Lipinski definition) is 1. The largest absolute Gasteiger partial charge is 0.467 e. The monoisotopic (exact) mass is 272 g/mol. The summed E-state index contributed by atoms with van der Waals surface area (Å²) in [6.07, 6.45) is 5.49. The third kappa shape index (κ3) is 3.10. The molecule has 0 unspecified atom stereocenters. The van der Waals surface area contributed by atoms with E-state index < -0.39 is 0 Å². The average Bonchev–Trinajstić information content (AvgIpc) is 2.99. The van der Waals surface area contributed by atoms with E-state index in [1.165, 1.54) is 19.3 Å². The first kappa shape index (κ1) is 13.0. The van der Waals surface area contributed by atoms with Crippen LogP contribution in [0.5, 0.6) is 0 Å². The first-order valence-corrected chi connectivity index (χ1v) is 7.18. The van der Waals surface area contributed by atoms with Crippen LogP contribution in [0.15, 0.2) is 28.9 Å². The fraction of sp³-hybridized carbons (Fsp3) is 0.467. The van der Waals surface area contributed by atoms with Crippen molar-refractivity contribution in [3.05, 3.63) is 35.9 Å². The molecular weight excluding hydrogens is 252 g/mol. The molecule has 0 bridgehead atoms. The Bertz CT molecular complexity index is 547. The molecule has 106 valence electrons. The lowest BCUT2D eigenvalue weighted by Crippen LogP contribution is -2.30. The van der Waals surface area contributed by atoms with Gasteiger partial charge in [0.1, 0.15) is 11.6 Å². The Morgan fingerprint density at radius 1 is 1.25 bits per heavy atom. The minimum atomic E-state index is 0.607. The summed E-state index contributed by atoms with van der Waals surface area (Å²) in [4.78, 5) is 11.4. The molecular formula is C15H20N4O. The fourth-order valence-electron chi connectivity index (χ4n) is 2.50. The van der Waals surface area contributed by atoms with Gasteiger partial charge in [-0.3, -0.25) is 0 Å². The van der Waals surface area contributed by atoms with Gasteiger partial charge >= 0.3 is 0 Å². The van der Waals surface area contributed by atoms with Gasteiger partial charge in [0.2, 0.25) is 5.95 Å².